The summed E-state index contributed by atoms with van der Waals surface area (Å²) < 4.78 is 26.9. The highest BCUT2D eigenvalue weighted by Gasteiger charge is 2.22. The first-order chi connectivity index (χ1) is 11.3. The standard InChI is InChI=1S/C15H20N4O3S2/c1-10(2)13(20)17-14-18-19-15(23-14)24(21,22)16-9-11(3)12-7-5-4-6-8-12/h4-8,10-11,16H,9H2,1-3H3,(H,17,18,20)/t11-/m0/s1. The van der Waals surface area contributed by atoms with E-state index in [4.69, 9.17) is 0 Å². The third-order valence-corrected chi connectivity index (χ3v) is 5.97. The smallest absolute Gasteiger partial charge is 0.269 e. The molecule has 2 rings (SSSR count). The molecule has 2 N–H and O–H groups in total. The van der Waals surface area contributed by atoms with Gasteiger partial charge in [-0.25, -0.2) is 13.1 Å². The van der Waals surface area contributed by atoms with Gasteiger partial charge in [-0.15, -0.1) is 10.2 Å². The molecule has 24 heavy (non-hydrogen) atoms. The van der Waals surface area contributed by atoms with E-state index in [1.54, 1.807) is 13.8 Å². The van der Waals surface area contributed by atoms with Crippen molar-refractivity contribution >= 4 is 32.4 Å². The number of nitrogens with zero attached hydrogens (tertiary/aromatic N) is 2. The SMILES string of the molecule is CC(C)C(=O)Nc1nnc(S(=O)(=O)NC[C@H](C)c2ccccc2)s1. The zero-order chi connectivity index (χ0) is 17.7. The fraction of sp³-hybridized carbons (Fsp3) is 0.400. The first-order valence-corrected chi connectivity index (χ1v) is 9.78. The van der Waals surface area contributed by atoms with Crippen molar-refractivity contribution in [3.63, 3.8) is 0 Å². The molecule has 0 aliphatic rings. The number of rotatable bonds is 7. The molecule has 0 saturated heterocycles. The maximum atomic E-state index is 12.3. The number of carbonyl (C=O) groups is 1. The molecule has 0 bridgehead atoms. The lowest BCUT2D eigenvalue weighted by molar-refractivity contribution is -0.118. The third kappa shape index (κ3) is 4.83. The lowest BCUT2D eigenvalue weighted by Crippen LogP contribution is -2.27. The van der Waals surface area contributed by atoms with E-state index in [-0.39, 0.29) is 33.8 Å². The molecule has 7 nitrogen and oxygen atoms in total. The van der Waals surface area contributed by atoms with E-state index in [1.807, 2.05) is 37.3 Å². The zero-order valence-corrected chi connectivity index (χ0v) is 15.3. The van der Waals surface area contributed by atoms with Gasteiger partial charge in [0.05, 0.1) is 0 Å². The number of carbonyl (C=O) groups excluding carboxylic acids is 1. The Morgan fingerprint density at radius 3 is 2.46 bits per heavy atom. The Balaban J connectivity index is 2.00. The van der Waals surface area contributed by atoms with E-state index in [9.17, 15) is 13.2 Å². The van der Waals surface area contributed by atoms with Gasteiger partial charge in [0.15, 0.2) is 0 Å². The van der Waals surface area contributed by atoms with Gasteiger partial charge in [-0.3, -0.25) is 4.79 Å². The minimum Gasteiger partial charge on any atom is -0.300 e. The number of nitrogens with one attached hydrogen (secondary N) is 2. The second kappa shape index (κ2) is 7.82. The molecule has 0 spiro atoms. The Morgan fingerprint density at radius 2 is 1.83 bits per heavy atom. The van der Waals surface area contributed by atoms with Gasteiger partial charge in [0.25, 0.3) is 10.0 Å². The van der Waals surface area contributed by atoms with Crippen LogP contribution in [0.4, 0.5) is 5.13 Å². The summed E-state index contributed by atoms with van der Waals surface area (Å²) in [5.41, 5.74) is 1.04. The summed E-state index contributed by atoms with van der Waals surface area (Å²) in [6.45, 7) is 5.66. The summed E-state index contributed by atoms with van der Waals surface area (Å²) in [4.78, 5) is 11.6. The van der Waals surface area contributed by atoms with E-state index in [0.717, 1.165) is 16.9 Å². The predicted molar refractivity (Wildman–Crippen MR) is 93.4 cm³/mol. The number of hydrogen-bond acceptors (Lipinski definition) is 6. The van der Waals surface area contributed by atoms with Gasteiger partial charge in [-0.2, -0.15) is 0 Å². The van der Waals surface area contributed by atoms with Crippen LogP contribution in [0.15, 0.2) is 34.7 Å². The van der Waals surface area contributed by atoms with Crippen LogP contribution in [-0.2, 0) is 14.8 Å². The van der Waals surface area contributed by atoms with Crippen LogP contribution in [0.5, 0.6) is 0 Å². The molecule has 1 aromatic heterocycles. The quantitative estimate of drug-likeness (QED) is 0.730. The predicted octanol–water partition coefficient (Wildman–Crippen LogP) is 2.21. The summed E-state index contributed by atoms with van der Waals surface area (Å²) in [7, 11) is -3.75. The van der Waals surface area contributed by atoms with Crippen molar-refractivity contribution in [2.45, 2.75) is 31.0 Å². The summed E-state index contributed by atoms with van der Waals surface area (Å²) in [5.74, 6) is -0.437. The molecule has 2 aromatic rings. The van der Waals surface area contributed by atoms with Gasteiger partial charge < -0.3 is 5.32 Å². The molecular weight excluding hydrogens is 348 g/mol. The monoisotopic (exact) mass is 368 g/mol. The molecule has 9 heteroatoms. The van der Waals surface area contributed by atoms with Crippen LogP contribution in [0.25, 0.3) is 0 Å². The Bertz CT molecular complexity index is 788. The molecule has 130 valence electrons. The van der Waals surface area contributed by atoms with Gasteiger partial charge in [0, 0.05) is 12.5 Å². The van der Waals surface area contributed by atoms with Crippen LogP contribution < -0.4 is 10.0 Å². The maximum Gasteiger partial charge on any atom is 0.269 e. The fourth-order valence-electron chi connectivity index (χ4n) is 1.81. The summed E-state index contributed by atoms with van der Waals surface area (Å²) in [5, 5.41) is 10.1. The highest BCUT2D eigenvalue weighted by Crippen LogP contribution is 2.21. The lowest BCUT2D eigenvalue weighted by Gasteiger charge is -2.12. The summed E-state index contributed by atoms with van der Waals surface area (Å²) in [6, 6.07) is 9.63. The highest BCUT2D eigenvalue weighted by atomic mass is 32.2. The molecule has 0 unspecified atom stereocenters. The van der Waals surface area contributed by atoms with E-state index in [1.165, 1.54) is 0 Å². The minimum absolute atomic E-state index is 0.0222. The number of hydrogen-bond donors (Lipinski definition) is 2. The van der Waals surface area contributed by atoms with Gasteiger partial charge >= 0.3 is 0 Å². The molecule has 1 atom stereocenters. The van der Waals surface area contributed by atoms with Crippen LogP contribution in [-0.4, -0.2) is 31.1 Å². The third-order valence-electron chi connectivity index (χ3n) is 3.34. The van der Waals surface area contributed by atoms with Crippen LogP contribution in [0.2, 0.25) is 0 Å². The van der Waals surface area contributed by atoms with Crippen molar-refractivity contribution in [1.82, 2.24) is 14.9 Å². The summed E-state index contributed by atoms with van der Waals surface area (Å²) >= 11 is 0.828. The molecular formula is C15H20N4O3S2. The highest BCUT2D eigenvalue weighted by molar-refractivity contribution is 7.91. The number of amides is 1. The molecule has 0 aliphatic carbocycles. The molecule has 0 radical (unpaired) electrons. The van der Waals surface area contributed by atoms with Gasteiger partial charge in [0.2, 0.25) is 15.4 Å². The molecule has 1 amide bonds. The van der Waals surface area contributed by atoms with Crippen LogP contribution >= 0.6 is 11.3 Å². The van der Waals surface area contributed by atoms with Crippen LogP contribution in [0.3, 0.4) is 0 Å². The first-order valence-electron chi connectivity index (χ1n) is 7.48. The van der Waals surface area contributed by atoms with E-state index >= 15 is 0 Å². The van der Waals surface area contributed by atoms with Crippen molar-refractivity contribution in [2.24, 2.45) is 5.92 Å². The fourth-order valence-corrected chi connectivity index (χ4v) is 3.89. The van der Waals surface area contributed by atoms with E-state index in [0.29, 0.717) is 0 Å². The average Bonchev–Trinajstić information content (AvgIpc) is 3.03. The Morgan fingerprint density at radius 1 is 1.17 bits per heavy atom. The van der Waals surface area contributed by atoms with E-state index < -0.39 is 10.0 Å². The van der Waals surface area contributed by atoms with E-state index in [2.05, 4.69) is 20.2 Å². The number of anilines is 1. The van der Waals surface area contributed by atoms with Crippen molar-refractivity contribution in [1.29, 1.82) is 0 Å². The Kier molecular flexibility index (Phi) is 6.03. The van der Waals surface area contributed by atoms with Gasteiger partial charge in [-0.1, -0.05) is 62.4 Å². The van der Waals surface area contributed by atoms with Crippen LogP contribution in [0.1, 0.15) is 32.3 Å². The molecule has 0 aliphatic heterocycles. The number of benzene rings is 1. The average molecular weight is 368 g/mol. The molecule has 1 heterocycles. The van der Waals surface area contributed by atoms with Gasteiger partial charge in [-0.05, 0) is 11.5 Å². The molecule has 0 fully saturated rings. The van der Waals surface area contributed by atoms with Crippen LogP contribution in [0, 0.1) is 5.92 Å². The first kappa shape index (κ1) is 18.5. The summed E-state index contributed by atoms with van der Waals surface area (Å²) in [6.07, 6.45) is 0. The van der Waals surface area contributed by atoms with Crippen molar-refractivity contribution in [2.75, 3.05) is 11.9 Å². The minimum atomic E-state index is -3.75. The largest absolute Gasteiger partial charge is 0.300 e. The lowest BCUT2D eigenvalue weighted by atomic mass is 10.0. The second-order valence-corrected chi connectivity index (χ2v) is 8.60. The van der Waals surface area contributed by atoms with Crippen molar-refractivity contribution in [3.8, 4) is 0 Å². The maximum absolute atomic E-state index is 12.3. The molecule has 1 aromatic carbocycles. The number of aromatic nitrogens is 2. The Hall–Kier alpha value is -1.84. The topological polar surface area (TPSA) is 101 Å². The van der Waals surface area contributed by atoms with Crippen molar-refractivity contribution in [3.05, 3.63) is 35.9 Å². The Labute approximate surface area is 145 Å². The van der Waals surface area contributed by atoms with Crippen molar-refractivity contribution < 1.29 is 13.2 Å². The molecule has 0 saturated carbocycles. The zero-order valence-electron chi connectivity index (χ0n) is 13.7. The van der Waals surface area contributed by atoms with Gasteiger partial charge in [0.1, 0.15) is 0 Å². The normalized spacial score (nSPS) is 13.0. The number of sulfonamides is 1. The second-order valence-electron chi connectivity index (χ2n) is 5.68.